The van der Waals surface area contributed by atoms with Crippen LogP contribution in [0.4, 0.5) is 14.5 Å². The molecule has 0 aliphatic rings. The molecule has 27 heavy (non-hydrogen) atoms. The van der Waals surface area contributed by atoms with E-state index in [4.69, 9.17) is 9.15 Å². The van der Waals surface area contributed by atoms with Crippen LogP contribution in [-0.2, 0) is 11.2 Å². The first-order valence-corrected chi connectivity index (χ1v) is 8.40. The number of ether oxygens (including phenoxy) is 1. The molecule has 140 valence electrons. The van der Waals surface area contributed by atoms with Crippen LogP contribution >= 0.6 is 0 Å². The molecule has 3 rings (SSSR count). The van der Waals surface area contributed by atoms with Gasteiger partial charge in [0.1, 0.15) is 23.0 Å². The van der Waals surface area contributed by atoms with Crippen molar-refractivity contribution in [2.24, 2.45) is 0 Å². The third-order valence-electron chi connectivity index (χ3n) is 3.89. The van der Waals surface area contributed by atoms with E-state index in [1.807, 2.05) is 6.92 Å². The van der Waals surface area contributed by atoms with Crippen LogP contribution in [0.15, 0.2) is 51.7 Å². The Morgan fingerprint density at radius 1 is 1.15 bits per heavy atom. The number of fused-ring (bicyclic) bond motifs is 1. The summed E-state index contributed by atoms with van der Waals surface area (Å²) in [4.78, 5) is 23.6. The molecule has 0 saturated heterocycles. The van der Waals surface area contributed by atoms with Crippen LogP contribution in [0.5, 0.6) is 5.75 Å². The van der Waals surface area contributed by atoms with Crippen molar-refractivity contribution in [1.82, 2.24) is 0 Å². The molecular weight excluding hydrogens is 356 g/mol. The van der Waals surface area contributed by atoms with E-state index >= 15 is 0 Å². The van der Waals surface area contributed by atoms with Crippen LogP contribution in [0.25, 0.3) is 11.0 Å². The van der Waals surface area contributed by atoms with Crippen molar-refractivity contribution < 1.29 is 22.7 Å². The first-order valence-electron chi connectivity index (χ1n) is 8.40. The summed E-state index contributed by atoms with van der Waals surface area (Å²) in [7, 11) is 0. The van der Waals surface area contributed by atoms with Crippen molar-refractivity contribution >= 4 is 22.6 Å². The maximum atomic E-state index is 13.5. The van der Waals surface area contributed by atoms with Gasteiger partial charge in [0.25, 0.3) is 5.91 Å². The monoisotopic (exact) mass is 373 g/mol. The minimum atomic E-state index is -0.749. The fourth-order valence-corrected chi connectivity index (χ4v) is 2.70. The highest BCUT2D eigenvalue weighted by Crippen LogP contribution is 2.23. The highest BCUT2D eigenvalue weighted by atomic mass is 19.1. The highest BCUT2D eigenvalue weighted by molar-refractivity contribution is 5.92. The van der Waals surface area contributed by atoms with Crippen molar-refractivity contribution in [2.75, 3.05) is 11.9 Å². The van der Waals surface area contributed by atoms with Gasteiger partial charge in [-0.1, -0.05) is 13.3 Å². The molecule has 0 radical (unpaired) electrons. The number of carbonyl (C=O) groups is 1. The number of benzene rings is 2. The Bertz CT molecular complexity index is 1050. The summed E-state index contributed by atoms with van der Waals surface area (Å²) in [6, 6.07) is 9.15. The van der Waals surface area contributed by atoms with Crippen molar-refractivity contribution in [2.45, 2.75) is 19.8 Å². The molecule has 5 nitrogen and oxygen atoms in total. The minimum Gasteiger partial charge on any atom is -0.484 e. The van der Waals surface area contributed by atoms with Gasteiger partial charge >= 0.3 is 5.63 Å². The Kier molecular flexibility index (Phi) is 5.49. The van der Waals surface area contributed by atoms with Crippen LogP contribution in [0, 0.1) is 11.6 Å². The van der Waals surface area contributed by atoms with Gasteiger partial charge in [0.2, 0.25) is 0 Å². The lowest BCUT2D eigenvalue weighted by atomic mass is 10.1. The Morgan fingerprint density at radius 3 is 2.74 bits per heavy atom. The Hall–Kier alpha value is -3.22. The number of hydrogen-bond acceptors (Lipinski definition) is 4. The predicted octanol–water partition coefficient (Wildman–Crippen LogP) is 4.04. The van der Waals surface area contributed by atoms with Gasteiger partial charge in [0.05, 0.1) is 5.69 Å². The second-order valence-electron chi connectivity index (χ2n) is 5.96. The summed E-state index contributed by atoms with van der Waals surface area (Å²) in [5.41, 5.74) is 0.523. The third-order valence-corrected chi connectivity index (χ3v) is 3.89. The minimum absolute atomic E-state index is 0.266. The molecule has 1 amide bonds. The van der Waals surface area contributed by atoms with Gasteiger partial charge in [-0.2, -0.15) is 0 Å². The number of nitrogens with one attached hydrogen (secondary N) is 1. The molecule has 0 bridgehead atoms. The van der Waals surface area contributed by atoms with E-state index in [9.17, 15) is 18.4 Å². The highest BCUT2D eigenvalue weighted by Gasteiger charge is 2.11. The van der Waals surface area contributed by atoms with Crippen molar-refractivity contribution in [3.63, 3.8) is 0 Å². The number of carbonyl (C=O) groups excluding carboxylic acids is 1. The first kappa shape index (κ1) is 18.6. The number of anilines is 1. The van der Waals surface area contributed by atoms with Crippen LogP contribution in [0.1, 0.15) is 18.9 Å². The van der Waals surface area contributed by atoms with Gasteiger partial charge < -0.3 is 14.5 Å². The second kappa shape index (κ2) is 7.99. The lowest BCUT2D eigenvalue weighted by molar-refractivity contribution is -0.118. The molecule has 2 aromatic carbocycles. The molecule has 0 aliphatic heterocycles. The van der Waals surface area contributed by atoms with Crippen molar-refractivity contribution in [1.29, 1.82) is 0 Å². The van der Waals surface area contributed by atoms with Gasteiger partial charge in [-0.3, -0.25) is 4.79 Å². The van der Waals surface area contributed by atoms with Crippen molar-refractivity contribution in [3.05, 3.63) is 70.1 Å². The Labute approximate surface area is 153 Å². The number of halogens is 2. The van der Waals surface area contributed by atoms with E-state index in [-0.39, 0.29) is 5.69 Å². The van der Waals surface area contributed by atoms with Gasteiger partial charge in [-0.05, 0) is 36.2 Å². The molecule has 0 saturated carbocycles. The lowest BCUT2D eigenvalue weighted by Gasteiger charge is -2.10. The Balaban J connectivity index is 1.72. The number of aryl methyl sites for hydroxylation is 1. The van der Waals surface area contributed by atoms with Crippen LogP contribution < -0.4 is 15.7 Å². The SMILES string of the molecule is CCCc1cc(=O)oc2cc(OCC(=O)Nc3cc(F)ccc3F)ccc12. The van der Waals surface area contributed by atoms with E-state index in [1.165, 1.54) is 12.1 Å². The van der Waals surface area contributed by atoms with Gasteiger partial charge in [-0.15, -0.1) is 0 Å². The molecular formula is C20H17F2NO4. The number of amides is 1. The van der Waals surface area contributed by atoms with E-state index in [1.54, 1.807) is 12.1 Å². The zero-order valence-corrected chi connectivity index (χ0v) is 14.6. The third kappa shape index (κ3) is 4.49. The van der Waals surface area contributed by atoms with Crippen LogP contribution in [0.2, 0.25) is 0 Å². The molecule has 0 atom stereocenters. The van der Waals surface area contributed by atoms with E-state index in [0.717, 1.165) is 42.0 Å². The van der Waals surface area contributed by atoms with E-state index in [0.29, 0.717) is 11.3 Å². The van der Waals surface area contributed by atoms with E-state index in [2.05, 4.69) is 5.32 Å². The average molecular weight is 373 g/mol. The van der Waals surface area contributed by atoms with Crippen LogP contribution in [0.3, 0.4) is 0 Å². The standard InChI is InChI=1S/C20H17F2NO4/c1-2-3-12-8-20(25)27-18-10-14(5-6-15(12)18)26-11-19(24)23-17-9-13(21)4-7-16(17)22/h4-10H,2-3,11H2,1H3,(H,23,24). The van der Waals surface area contributed by atoms with Crippen molar-refractivity contribution in [3.8, 4) is 5.75 Å². The summed E-state index contributed by atoms with van der Waals surface area (Å²) in [6.45, 7) is 1.60. The van der Waals surface area contributed by atoms with Gasteiger partial charge in [-0.25, -0.2) is 13.6 Å². The quantitative estimate of drug-likeness (QED) is 0.662. The summed E-state index contributed by atoms with van der Waals surface area (Å²) < 4.78 is 37.2. The molecule has 3 aromatic rings. The summed E-state index contributed by atoms with van der Waals surface area (Å²) in [5.74, 6) is -1.75. The number of hydrogen-bond donors (Lipinski definition) is 1. The predicted molar refractivity (Wildman–Crippen MR) is 97.0 cm³/mol. The first-order chi connectivity index (χ1) is 13.0. The van der Waals surface area contributed by atoms with E-state index < -0.39 is 29.8 Å². The maximum absolute atomic E-state index is 13.5. The van der Waals surface area contributed by atoms with Gasteiger partial charge in [0.15, 0.2) is 6.61 Å². The topological polar surface area (TPSA) is 68.5 Å². The summed E-state index contributed by atoms with van der Waals surface area (Å²) in [6.07, 6.45) is 1.62. The normalized spacial score (nSPS) is 10.8. The molecule has 1 N–H and O–H groups in total. The fourth-order valence-electron chi connectivity index (χ4n) is 2.70. The fraction of sp³-hybridized carbons (Fsp3) is 0.200. The molecule has 1 heterocycles. The Morgan fingerprint density at radius 2 is 1.96 bits per heavy atom. The maximum Gasteiger partial charge on any atom is 0.336 e. The molecule has 0 aliphatic carbocycles. The molecule has 1 aromatic heterocycles. The molecule has 0 spiro atoms. The zero-order chi connectivity index (χ0) is 19.4. The summed E-state index contributed by atoms with van der Waals surface area (Å²) >= 11 is 0. The average Bonchev–Trinajstić information content (AvgIpc) is 2.63. The zero-order valence-electron chi connectivity index (χ0n) is 14.6. The largest absolute Gasteiger partial charge is 0.484 e. The molecule has 0 fully saturated rings. The van der Waals surface area contributed by atoms with Crippen LogP contribution in [-0.4, -0.2) is 12.5 Å². The smallest absolute Gasteiger partial charge is 0.336 e. The number of rotatable bonds is 6. The lowest BCUT2D eigenvalue weighted by Crippen LogP contribution is -2.20. The molecule has 0 unspecified atom stereocenters. The molecule has 7 heteroatoms. The second-order valence-corrected chi connectivity index (χ2v) is 5.96. The van der Waals surface area contributed by atoms with Gasteiger partial charge in [0, 0.05) is 23.6 Å². The summed E-state index contributed by atoms with van der Waals surface area (Å²) in [5, 5.41) is 3.04.